The van der Waals surface area contributed by atoms with Crippen molar-refractivity contribution in [3.8, 4) is 11.5 Å². The van der Waals surface area contributed by atoms with E-state index in [9.17, 15) is 4.79 Å². The predicted molar refractivity (Wildman–Crippen MR) is 88.8 cm³/mol. The number of aryl methyl sites for hydroxylation is 1. The summed E-state index contributed by atoms with van der Waals surface area (Å²) in [6, 6.07) is 5.43. The molecule has 7 nitrogen and oxygen atoms in total. The molecule has 4 rings (SSSR count). The van der Waals surface area contributed by atoms with Crippen LogP contribution in [-0.2, 0) is 6.42 Å². The third-order valence-corrected chi connectivity index (χ3v) is 4.08. The monoisotopic (exact) mass is 324 g/mol. The first-order valence-electron chi connectivity index (χ1n) is 7.61. The Hall–Kier alpha value is -3.09. The van der Waals surface area contributed by atoms with Gasteiger partial charge in [-0.05, 0) is 31.1 Å². The molecule has 1 aliphatic carbocycles. The molecule has 0 fully saturated rings. The van der Waals surface area contributed by atoms with Crippen LogP contribution in [0.25, 0.3) is 17.9 Å². The molecule has 0 saturated heterocycles. The number of ether oxygens (including phenoxy) is 2. The Kier molecular flexibility index (Phi) is 3.34. The van der Waals surface area contributed by atoms with Gasteiger partial charge in [-0.3, -0.25) is 9.78 Å². The van der Waals surface area contributed by atoms with Crippen molar-refractivity contribution in [2.45, 2.75) is 12.8 Å². The van der Waals surface area contributed by atoms with Gasteiger partial charge in [0.05, 0.1) is 25.3 Å². The first-order chi connectivity index (χ1) is 11.7. The molecule has 0 amide bonds. The van der Waals surface area contributed by atoms with Crippen molar-refractivity contribution < 1.29 is 9.47 Å². The van der Waals surface area contributed by atoms with Crippen LogP contribution in [0.4, 0.5) is 0 Å². The average molecular weight is 324 g/mol. The Morgan fingerprint density at radius 1 is 1.29 bits per heavy atom. The zero-order chi connectivity index (χ0) is 16.7. The Bertz CT molecular complexity index is 1110. The summed E-state index contributed by atoms with van der Waals surface area (Å²) in [5.74, 6) is 1.74. The van der Waals surface area contributed by atoms with Gasteiger partial charge in [0.1, 0.15) is 16.8 Å². The maximum atomic E-state index is 12.3. The summed E-state index contributed by atoms with van der Waals surface area (Å²) in [7, 11) is 3.17. The number of rotatable bonds is 3. The number of nitrogens with one attached hydrogen (secondary N) is 1. The van der Waals surface area contributed by atoms with Crippen LogP contribution < -0.4 is 25.7 Å². The lowest BCUT2D eigenvalue weighted by Gasteiger charge is -2.06. The summed E-state index contributed by atoms with van der Waals surface area (Å²) in [5.41, 5.74) is 1.43. The number of aromatic amines is 1. The van der Waals surface area contributed by atoms with E-state index in [-0.39, 0.29) is 5.56 Å². The number of benzene rings is 1. The number of hydrogen-bond acceptors (Lipinski definition) is 5. The summed E-state index contributed by atoms with van der Waals surface area (Å²) in [6.07, 6.45) is 5.54. The minimum Gasteiger partial charge on any atom is -0.497 e. The van der Waals surface area contributed by atoms with Crippen LogP contribution in [0.2, 0.25) is 0 Å². The second-order valence-corrected chi connectivity index (χ2v) is 5.51. The maximum Gasteiger partial charge on any atom is 0.276 e. The van der Waals surface area contributed by atoms with Crippen molar-refractivity contribution in [2.24, 2.45) is 0 Å². The van der Waals surface area contributed by atoms with E-state index < -0.39 is 0 Å². The molecular formula is C17H16N4O3. The molecule has 0 saturated carbocycles. The SMILES string of the molecule is COc1ccc(/C=c2/c(=O)[nH]c3nc4c(nn23)CCC=4)c(OC)c1. The Morgan fingerprint density at radius 3 is 2.96 bits per heavy atom. The van der Waals surface area contributed by atoms with E-state index in [1.807, 2.05) is 18.2 Å². The summed E-state index contributed by atoms with van der Waals surface area (Å²) in [6.45, 7) is 0. The second-order valence-electron chi connectivity index (χ2n) is 5.51. The Morgan fingerprint density at radius 2 is 2.17 bits per heavy atom. The molecule has 1 aromatic carbocycles. The van der Waals surface area contributed by atoms with Crippen molar-refractivity contribution in [3.05, 3.63) is 50.5 Å². The van der Waals surface area contributed by atoms with Crippen LogP contribution in [0.3, 0.4) is 0 Å². The number of hydrogen-bond donors (Lipinski definition) is 1. The summed E-state index contributed by atoms with van der Waals surface area (Å²) < 4.78 is 12.1. The van der Waals surface area contributed by atoms with Crippen LogP contribution in [0.1, 0.15) is 17.7 Å². The van der Waals surface area contributed by atoms with Crippen molar-refractivity contribution in [1.29, 1.82) is 0 Å². The van der Waals surface area contributed by atoms with Crippen LogP contribution in [0, 0.1) is 0 Å². The Balaban J connectivity index is 1.97. The van der Waals surface area contributed by atoms with Gasteiger partial charge in [0.2, 0.25) is 5.78 Å². The predicted octanol–water partition coefficient (Wildman–Crippen LogP) is -0.00970. The van der Waals surface area contributed by atoms with E-state index in [0.29, 0.717) is 22.6 Å². The van der Waals surface area contributed by atoms with Crippen molar-refractivity contribution in [2.75, 3.05) is 14.2 Å². The number of fused-ring (bicyclic) bond motifs is 2. The van der Waals surface area contributed by atoms with Crippen LogP contribution in [0.5, 0.6) is 11.5 Å². The first-order valence-corrected chi connectivity index (χ1v) is 7.61. The molecule has 122 valence electrons. The second kappa shape index (κ2) is 5.52. The molecule has 3 aromatic rings. The molecule has 0 radical (unpaired) electrons. The van der Waals surface area contributed by atoms with Crippen LogP contribution >= 0.6 is 0 Å². The number of imidazole rings is 1. The van der Waals surface area contributed by atoms with Gasteiger partial charge >= 0.3 is 0 Å². The number of H-pyrrole nitrogens is 1. The summed E-state index contributed by atoms with van der Waals surface area (Å²) in [4.78, 5) is 19.6. The van der Waals surface area contributed by atoms with Gasteiger partial charge in [-0.1, -0.05) is 6.08 Å². The minimum absolute atomic E-state index is 0.239. The average Bonchev–Trinajstić information content (AvgIpc) is 3.17. The van der Waals surface area contributed by atoms with Crippen molar-refractivity contribution in [3.63, 3.8) is 0 Å². The summed E-state index contributed by atoms with van der Waals surface area (Å²) in [5, 5.41) is 5.82. The van der Waals surface area contributed by atoms with Gasteiger partial charge in [0.25, 0.3) is 5.56 Å². The van der Waals surface area contributed by atoms with Gasteiger partial charge in [-0.2, -0.15) is 9.61 Å². The molecule has 7 heteroatoms. The van der Waals surface area contributed by atoms with E-state index in [1.165, 1.54) is 0 Å². The van der Waals surface area contributed by atoms with E-state index in [0.717, 1.165) is 29.4 Å². The third-order valence-electron chi connectivity index (χ3n) is 4.08. The molecular weight excluding hydrogens is 308 g/mol. The number of nitrogens with zero attached hydrogens (tertiary/aromatic N) is 3. The molecule has 0 aliphatic heterocycles. The fourth-order valence-electron chi connectivity index (χ4n) is 2.85. The quantitative estimate of drug-likeness (QED) is 0.733. The van der Waals surface area contributed by atoms with E-state index in [2.05, 4.69) is 15.1 Å². The first kappa shape index (κ1) is 14.5. The number of aromatic nitrogens is 4. The zero-order valence-corrected chi connectivity index (χ0v) is 13.4. The van der Waals surface area contributed by atoms with Gasteiger partial charge < -0.3 is 9.47 Å². The van der Waals surface area contributed by atoms with Gasteiger partial charge in [-0.15, -0.1) is 0 Å². The molecule has 2 heterocycles. The minimum atomic E-state index is -0.239. The molecule has 24 heavy (non-hydrogen) atoms. The lowest BCUT2D eigenvalue weighted by atomic mass is 10.2. The highest BCUT2D eigenvalue weighted by Gasteiger charge is 2.12. The standard InChI is InChI=1S/C17H16N4O3/c1-23-11-7-6-10(15(9-11)24-2)8-14-16(22)19-17-18-12-4-3-5-13(12)20-21(14)17/h4,6-9H,3,5H2,1-2H3,(H,18,19,22)/b14-8-. The van der Waals surface area contributed by atoms with E-state index >= 15 is 0 Å². The van der Waals surface area contributed by atoms with Crippen molar-refractivity contribution in [1.82, 2.24) is 19.6 Å². The fourth-order valence-corrected chi connectivity index (χ4v) is 2.85. The van der Waals surface area contributed by atoms with E-state index in [1.54, 1.807) is 30.9 Å². The fraction of sp³-hybridized carbons (Fsp3) is 0.235. The largest absolute Gasteiger partial charge is 0.497 e. The zero-order valence-electron chi connectivity index (χ0n) is 13.4. The lowest BCUT2D eigenvalue weighted by Crippen LogP contribution is -2.28. The molecule has 0 bridgehead atoms. The van der Waals surface area contributed by atoms with Crippen LogP contribution in [0.15, 0.2) is 23.0 Å². The normalized spacial score (nSPS) is 13.8. The smallest absolute Gasteiger partial charge is 0.276 e. The highest BCUT2D eigenvalue weighted by Crippen LogP contribution is 2.24. The third kappa shape index (κ3) is 2.25. The molecule has 0 atom stereocenters. The maximum absolute atomic E-state index is 12.3. The van der Waals surface area contributed by atoms with Gasteiger partial charge in [0, 0.05) is 11.6 Å². The molecule has 0 spiro atoms. The van der Waals surface area contributed by atoms with Crippen molar-refractivity contribution >= 4 is 17.9 Å². The Labute approximate surface area is 136 Å². The number of methoxy groups -OCH3 is 2. The van der Waals surface area contributed by atoms with Gasteiger partial charge in [-0.25, -0.2) is 4.98 Å². The topological polar surface area (TPSA) is 81.5 Å². The van der Waals surface area contributed by atoms with Crippen LogP contribution in [-0.4, -0.2) is 33.8 Å². The molecule has 0 unspecified atom stereocenters. The molecule has 1 N–H and O–H groups in total. The lowest BCUT2D eigenvalue weighted by molar-refractivity contribution is 0.393. The highest BCUT2D eigenvalue weighted by molar-refractivity contribution is 5.59. The van der Waals surface area contributed by atoms with E-state index in [4.69, 9.17) is 9.47 Å². The summed E-state index contributed by atoms with van der Waals surface area (Å²) >= 11 is 0. The van der Waals surface area contributed by atoms with Gasteiger partial charge in [0.15, 0.2) is 0 Å². The molecule has 1 aliphatic rings. The molecule has 2 aromatic heterocycles. The highest BCUT2D eigenvalue weighted by atomic mass is 16.5.